The Balaban J connectivity index is 2.07. The third kappa shape index (κ3) is 3.24. The van der Waals surface area contributed by atoms with Crippen molar-refractivity contribution in [1.82, 2.24) is 9.84 Å². The van der Waals surface area contributed by atoms with Crippen LogP contribution in [-0.4, -0.2) is 39.7 Å². The molecule has 96 valence electrons. The second kappa shape index (κ2) is 5.42. The van der Waals surface area contributed by atoms with Crippen molar-refractivity contribution in [1.29, 1.82) is 0 Å². The van der Waals surface area contributed by atoms with E-state index in [1.54, 1.807) is 16.5 Å². The zero-order chi connectivity index (χ0) is 12.3. The van der Waals surface area contributed by atoms with Gasteiger partial charge in [-0.05, 0) is 17.0 Å². The molecule has 0 aliphatic carbocycles. The van der Waals surface area contributed by atoms with Gasteiger partial charge in [0.25, 0.3) is 10.0 Å². The second-order valence-corrected chi connectivity index (χ2v) is 6.47. The summed E-state index contributed by atoms with van der Waals surface area (Å²) in [5.74, 6) is 0. The molecule has 0 amide bonds. The lowest BCUT2D eigenvalue weighted by atomic mass is 10.4. The number of sulfonamides is 1. The normalized spacial score (nSPS) is 18.4. The van der Waals surface area contributed by atoms with Crippen LogP contribution in [0.1, 0.15) is 5.56 Å². The molecule has 2 heterocycles. The first-order valence-corrected chi connectivity index (χ1v) is 7.61. The number of hydrazine groups is 1. The van der Waals surface area contributed by atoms with Crippen LogP contribution in [0, 0.1) is 0 Å². The van der Waals surface area contributed by atoms with Gasteiger partial charge in [0.15, 0.2) is 0 Å². The van der Waals surface area contributed by atoms with E-state index in [-0.39, 0.29) is 0 Å². The van der Waals surface area contributed by atoms with Gasteiger partial charge in [-0.3, -0.25) is 0 Å². The number of hydrogen-bond donors (Lipinski definition) is 2. The fourth-order valence-electron chi connectivity index (χ4n) is 1.47. The third-order valence-electron chi connectivity index (χ3n) is 2.39. The summed E-state index contributed by atoms with van der Waals surface area (Å²) in [6, 6.07) is 1.60. The van der Waals surface area contributed by atoms with Gasteiger partial charge in [-0.1, -0.05) is 0 Å². The summed E-state index contributed by atoms with van der Waals surface area (Å²) in [6.45, 7) is 2.56. The molecule has 0 atom stereocenters. The van der Waals surface area contributed by atoms with Crippen LogP contribution in [0.2, 0.25) is 0 Å². The minimum atomic E-state index is -3.47. The quantitative estimate of drug-likeness (QED) is 0.791. The zero-order valence-corrected chi connectivity index (χ0v) is 10.9. The molecule has 1 aromatic heterocycles. The third-order valence-corrected chi connectivity index (χ3v) is 5.25. The molecule has 17 heavy (non-hydrogen) atoms. The second-order valence-electron chi connectivity index (χ2n) is 3.67. The van der Waals surface area contributed by atoms with Gasteiger partial charge < -0.3 is 10.5 Å². The van der Waals surface area contributed by atoms with Gasteiger partial charge >= 0.3 is 0 Å². The van der Waals surface area contributed by atoms with Crippen molar-refractivity contribution in [3.8, 4) is 0 Å². The molecule has 0 aromatic carbocycles. The van der Waals surface area contributed by atoms with Gasteiger partial charge in [-0.15, -0.1) is 16.2 Å². The minimum absolute atomic E-state index is 0.296. The Hall–Kier alpha value is -0.510. The molecule has 1 aliphatic rings. The molecule has 1 aliphatic heterocycles. The van der Waals surface area contributed by atoms with Gasteiger partial charge in [0.2, 0.25) is 0 Å². The lowest BCUT2D eigenvalue weighted by molar-refractivity contribution is 0.0272. The summed E-state index contributed by atoms with van der Waals surface area (Å²) in [6.07, 6.45) is 0. The largest absolute Gasteiger partial charge is 0.379 e. The molecular weight excluding hydrogens is 262 g/mol. The van der Waals surface area contributed by atoms with Gasteiger partial charge in [0.1, 0.15) is 4.21 Å². The highest BCUT2D eigenvalue weighted by atomic mass is 32.2. The molecule has 8 heteroatoms. The summed E-state index contributed by atoms with van der Waals surface area (Å²) in [5.41, 5.74) is 6.29. The average Bonchev–Trinajstić information content (AvgIpc) is 2.79. The Labute approximate surface area is 104 Å². The highest BCUT2D eigenvalue weighted by molar-refractivity contribution is 7.91. The first-order chi connectivity index (χ1) is 8.12. The van der Waals surface area contributed by atoms with Crippen LogP contribution in [-0.2, 0) is 21.3 Å². The van der Waals surface area contributed by atoms with Crippen molar-refractivity contribution in [2.45, 2.75) is 10.8 Å². The number of morpholine rings is 1. The van der Waals surface area contributed by atoms with E-state index in [0.717, 1.165) is 5.56 Å². The minimum Gasteiger partial charge on any atom is -0.379 e. The fourth-order valence-corrected chi connectivity index (χ4v) is 3.80. The molecule has 1 aromatic rings. The summed E-state index contributed by atoms with van der Waals surface area (Å²) in [5, 5.41) is 3.41. The smallest absolute Gasteiger partial charge is 0.262 e. The van der Waals surface area contributed by atoms with E-state index in [4.69, 9.17) is 10.5 Å². The van der Waals surface area contributed by atoms with Crippen LogP contribution >= 0.6 is 11.3 Å². The van der Waals surface area contributed by atoms with E-state index in [1.165, 1.54) is 11.3 Å². The number of nitrogens with zero attached hydrogens (tertiary/aromatic N) is 1. The summed E-state index contributed by atoms with van der Waals surface area (Å²) < 4.78 is 29.5. The topological polar surface area (TPSA) is 84.7 Å². The number of nitrogens with two attached hydrogens (primary N) is 1. The maximum Gasteiger partial charge on any atom is 0.262 e. The Kier molecular flexibility index (Phi) is 4.13. The summed E-state index contributed by atoms with van der Waals surface area (Å²) >= 11 is 1.18. The first-order valence-electron chi connectivity index (χ1n) is 5.24. The molecule has 2 rings (SSSR count). The number of nitrogens with one attached hydrogen (secondary N) is 1. The molecule has 3 N–H and O–H groups in total. The van der Waals surface area contributed by atoms with E-state index >= 15 is 0 Å². The maximum atomic E-state index is 12.0. The molecule has 0 unspecified atom stereocenters. The molecule has 0 bridgehead atoms. The molecule has 1 fully saturated rings. The molecule has 6 nitrogen and oxygen atoms in total. The highest BCUT2D eigenvalue weighted by Crippen LogP contribution is 2.20. The van der Waals surface area contributed by atoms with E-state index in [1.807, 2.05) is 0 Å². The first kappa shape index (κ1) is 12.9. The summed E-state index contributed by atoms with van der Waals surface area (Å²) in [7, 11) is -3.47. The molecule has 1 saturated heterocycles. The van der Waals surface area contributed by atoms with Gasteiger partial charge in [0.05, 0.1) is 13.2 Å². The lowest BCUT2D eigenvalue weighted by Gasteiger charge is -2.26. The monoisotopic (exact) mass is 277 g/mol. The number of thiophene rings is 1. The molecular formula is C9H15N3O3S2. The fraction of sp³-hybridized carbons (Fsp3) is 0.556. The SMILES string of the molecule is NCc1csc(S(=O)(=O)NN2CCOCC2)c1. The van der Waals surface area contributed by atoms with Crippen molar-refractivity contribution in [2.24, 2.45) is 5.73 Å². The standard InChI is InChI=1S/C9H15N3O3S2/c10-6-8-5-9(16-7-8)17(13,14)11-12-1-3-15-4-2-12/h5,7,11H,1-4,6,10H2. The molecule has 0 radical (unpaired) electrons. The Morgan fingerprint density at radius 2 is 2.18 bits per heavy atom. The summed E-state index contributed by atoms with van der Waals surface area (Å²) in [4.78, 5) is 2.54. The van der Waals surface area contributed by atoms with Gasteiger partial charge in [-0.2, -0.15) is 0 Å². The average molecular weight is 277 g/mol. The van der Waals surface area contributed by atoms with Crippen molar-refractivity contribution in [3.63, 3.8) is 0 Å². The molecule has 0 spiro atoms. The van der Waals surface area contributed by atoms with Gasteiger partial charge in [0, 0.05) is 19.6 Å². The van der Waals surface area contributed by atoms with E-state index in [2.05, 4.69) is 4.83 Å². The van der Waals surface area contributed by atoms with Crippen molar-refractivity contribution >= 4 is 21.4 Å². The van der Waals surface area contributed by atoms with Crippen molar-refractivity contribution in [2.75, 3.05) is 26.3 Å². The Morgan fingerprint density at radius 1 is 1.47 bits per heavy atom. The van der Waals surface area contributed by atoms with E-state index in [0.29, 0.717) is 37.1 Å². The van der Waals surface area contributed by atoms with Crippen LogP contribution in [0.25, 0.3) is 0 Å². The lowest BCUT2D eigenvalue weighted by Crippen LogP contribution is -2.48. The van der Waals surface area contributed by atoms with Crippen LogP contribution in [0.3, 0.4) is 0 Å². The van der Waals surface area contributed by atoms with Crippen LogP contribution in [0.15, 0.2) is 15.7 Å². The maximum absolute atomic E-state index is 12.0. The van der Waals surface area contributed by atoms with Crippen LogP contribution in [0.5, 0.6) is 0 Å². The van der Waals surface area contributed by atoms with Crippen LogP contribution < -0.4 is 10.6 Å². The predicted molar refractivity (Wildman–Crippen MR) is 64.9 cm³/mol. The Morgan fingerprint density at radius 3 is 2.76 bits per heavy atom. The Bertz CT molecular complexity index is 466. The molecule has 0 saturated carbocycles. The van der Waals surface area contributed by atoms with E-state index in [9.17, 15) is 8.42 Å². The zero-order valence-electron chi connectivity index (χ0n) is 9.26. The number of ether oxygens (including phenoxy) is 1. The predicted octanol–water partition coefficient (Wildman–Crippen LogP) is -0.268. The highest BCUT2D eigenvalue weighted by Gasteiger charge is 2.21. The number of hydrogen-bond acceptors (Lipinski definition) is 6. The van der Waals surface area contributed by atoms with E-state index < -0.39 is 10.0 Å². The van der Waals surface area contributed by atoms with Gasteiger partial charge in [-0.25, -0.2) is 13.4 Å². The van der Waals surface area contributed by atoms with Crippen LogP contribution in [0.4, 0.5) is 0 Å². The number of rotatable bonds is 4. The van der Waals surface area contributed by atoms with Crippen molar-refractivity contribution in [3.05, 3.63) is 17.0 Å². The van der Waals surface area contributed by atoms with Crippen molar-refractivity contribution < 1.29 is 13.2 Å².